The Kier molecular flexibility index (Phi) is 7.32. The third-order valence-corrected chi connectivity index (χ3v) is 3.14. The second-order valence-corrected chi connectivity index (χ2v) is 4.67. The molecule has 0 aromatic carbocycles. The number of hydrogen-bond acceptors (Lipinski definition) is 2. The van der Waals surface area contributed by atoms with E-state index in [9.17, 15) is 5.11 Å². The van der Waals surface area contributed by atoms with Crippen LogP contribution in [0.2, 0.25) is 0 Å². The molecule has 0 radical (unpaired) electrons. The van der Waals surface area contributed by atoms with E-state index in [0.717, 1.165) is 31.6 Å². The minimum Gasteiger partial charge on any atom is -0.495 e. The molecule has 94 valence electrons. The van der Waals surface area contributed by atoms with Gasteiger partial charge in [-0.15, -0.1) is 0 Å². The second kappa shape index (κ2) is 8.63. The third kappa shape index (κ3) is 5.55. The molecular weight excluding hydrogens is 200 g/mol. The first-order valence-corrected chi connectivity index (χ1v) is 6.85. The SMILES string of the molecule is CCCCCCCCCC(O)C1=CCCO1. The highest BCUT2D eigenvalue weighted by Gasteiger charge is 2.14. The molecule has 0 aromatic heterocycles. The van der Waals surface area contributed by atoms with Crippen LogP contribution >= 0.6 is 0 Å². The van der Waals surface area contributed by atoms with E-state index in [1.165, 1.54) is 38.5 Å². The zero-order valence-electron chi connectivity index (χ0n) is 10.6. The second-order valence-electron chi connectivity index (χ2n) is 4.67. The van der Waals surface area contributed by atoms with Gasteiger partial charge >= 0.3 is 0 Å². The highest BCUT2D eigenvalue weighted by atomic mass is 16.5. The molecule has 16 heavy (non-hydrogen) atoms. The average Bonchev–Trinajstić information content (AvgIpc) is 2.81. The van der Waals surface area contributed by atoms with Crippen molar-refractivity contribution >= 4 is 0 Å². The van der Waals surface area contributed by atoms with Crippen molar-refractivity contribution in [2.24, 2.45) is 0 Å². The predicted molar refractivity (Wildman–Crippen MR) is 67.3 cm³/mol. The van der Waals surface area contributed by atoms with Gasteiger partial charge in [-0.2, -0.15) is 0 Å². The van der Waals surface area contributed by atoms with Gasteiger partial charge < -0.3 is 9.84 Å². The highest BCUT2D eigenvalue weighted by Crippen LogP contribution is 2.18. The maximum Gasteiger partial charge on any atom is 0.121 e. The predicted octanol–water partition coefficient (Wildman–Crippen LogP) is 3.79. The lowest BCUT2D eigenvalue weighted by atomic mass is 10.1. The molecule has 2 heteroatoms. The van der Waals surface area contributed by atoms with Crippen molar-refractivity contribution in [3.63, 3.8) is 0 Å². The topological polar surface area (TPSA) is 29.5 Å². The molecule has 1 aliphatic heterocycles. The van der Waals surface area contributed by atoms with Crippen molar-refractivity contribution in [2.75, 3.05) is 6.61 Å². The quantitative estimate of drug-likeness (QED) is 0.606. The van der Waals surface area contributed by atoms with Crippen molar-refractivity contribution in [3.05, 3.63) is 11.8 Å². The molecule has 0 aromatic rings. The van der Waals surface area contributed by atoms with Crippen LogP contribution in [0.15, 0.2) is 11.8 Å². The van der Waals surface area contributed by atoms with Crippen molar-refractivity contribution in [1.29, 1.82) is 0 Å². The minimum atomic E-state index is -0.349. The first-order chi connectivity index (χ1) is 7.84. The molecule has 1 unspecified atom stereocenters. The Bertz CT molecular complexity index is 199. The van der Waals surface area contributed by atoms with Crippen LogP contribution in [0, 0.1) is 0 Å². The normalized spacial score (nSPS) is 17.0. The summed E-state index contributed by atoms with van der Waals surface area (Å²) in [6.45, 7) is 3.00. The fraction of sp³-hybridized carbons (Fsp3) is 0.857. The molecular formula is C14H26O2. The molecule has 0 bridgehead atoms. The van der Waals surface area contributed by atoms with E-state index in [0.29, 0.717) is 0 Å². The summed E-state index contributed by atoms with van der Waals surface area (Å²) < 4.78 is 5.34. The van der Waals surface area contributed by atoms with Crippen LogP contribution in [0.3, 0.4) is 0 Å². The van der Waals surface area contributed by atoms with Gasteiger partial charge in [0.2, 0.25) is 0 Å². The van der Waals surface area contributed by atoms with E-state index in [1.54, 1.807) is 0 Å². The number of aliphatic hydroxyl groups excluding tert-OH is 1. The van der Waals surface area contributed by atoms with Gasteiger partial charge in [0.15, 0.2) is 0 Å². The molecule has 1 atom stereocenters. The van der Waals surface area contributed by atoms with Gasteiger partial charge in [-0.25, -0.2) is 0 Å². The summed E-state index contributed by atoms with van der Waals surface area (Å²) in [4.78, 5) is 0. The fourth-order valence-electron chi connectivity index (χ4n) is 2.11. The van der Waals surface area contributed by atoms with Crippen LogP contribution in [-0.2, 0) is 4.74 Å². The molecule has 1 N–H and O–H groups in total. The van der Waals surface area contributed by atoms with Crippen LogP contribution in [0.5, 0.6) is 0 Å². The van der Waals surface area contributed by atoms with E-state index < -0.39 is 0 Å². The Balaban J connectivity index is 1.90. The molecule has 1 aliphatic rings. The zero-order chi connectivity index (χ0) is 11.6. The Morgan fingerprint density at radius 3 is 2.50 bits per heavy atom. The van der Waals surface area contributed by atoms with Crippen molar-refractivity contribution in [2.45, 2.75) is 70.8 Å². The standard InChI is InChI=1S/C14H26O2/c1-2-3-4-5-6-7-8-10-13(15)14-11-9-12-16-14/h11,13,15H,2-10,12H2,1H3. The molecule has 0 amide bonds. The molecule has 0 spiro atoms. The zero-order valence-corrected chi connectivity index (χ0v) is 10.6. The Morgan fingerprint density at radius 2 is 1.88 bits per heavy atom. The molecule has 1 heterocycles. The number of unbranched alkanes of at least 4 members (excludes halogenated alkanes) is 6. The van der Waals surface area contributed by atoms with E-state index in [-0.39, 0.29) is 6.10 Å². The summed E-state index contributed by atoms with van der Waals surface area (Å²) in [6, 6.07) is 0. The summed E-state index contributed by atoms with van der Waals surface area (Å²) in [5.74, 6) is 0.811. The van der Waals surface area contributed by atoms with Crippen LogP contribution in [0.4, 0.5) is 0 Å². The number of hydrogen-bond donors (Lipinski definition) is 1. The lowest BCUT2D eigenvalue weighted by Crippen LogP contribution is -2.10. The average molecular weight is 226 g/mol. The molecule has 0 aliphatic carbocycles. The summed E-state index contributed by atoms with van der Waals surface area (Å²) in [6.07, 6.45) is 12.6. The number of aliphatic hydroxyl groups is 1. The van der Waals surface area contributed by atoms with Crippen LogP contribution in [-0.4, -0.2) is 17.8 Å². The summed E-state index contributed by atoms with van der Waals surface area (Å²) in [5, 5.41) is 9.80. The number of ether oxygens (including phenoxy) is 1. The first-order valence-electron chi connectivity index (χ1n) is 6.85. The third-order valence-electron chi connectivity index (χ3n) is 3.14. The molecule has 1 rings (SSSR count). The summed E-state index contributed by atoms with van der Waals surface area (Å²) in [5.41, 5.74) is 0. The largest absolute Gasteiger partial charge is 0.495 e. The van der Waals surface area contributed by atoms with E-state index in [4.69, 9.17) is 4.74 Å². The molecule has 0 saturated carbocycles. The van der Waals surface area contributed by atoms with Gasteiger partial charge in [-0.3, -0.25) is 0 Å². The molecule has 0 saturated heterocycles. The van der Waals surface area contributed by atoms with Gasteiger partial charge in [-0.1, -0.05) is 51.9 Å². The van der Waals surface area contributed by atoms with E-state index in [1.807, 2.05) is 6.08 Å². The van der Waals surface area contributed by atoms with Crippen molar-refractivity contribution in [1.82, 2.24) is 0 Å². The van der Waals surface area contributed by atoms with Crippen molar-refractivity contribution in [3.8, 4) is 0 Å². The van der Waals surface area contributed by atoms with E-state index >= 15 is 0 Å². The van der Waals surface area contributed by atoms with Gasteiger partial charge in [-0.05, 0) is 12.5 Å². The Hall–Kier alpha value is -0.500. The first kappa shape index (κ1) is 13.6. The highest BCUT2D eigenvalue weighted by molar-refractivity contribution is 5.03. The lowest BCUT2D eigenvalue weighted by Gasteiger charge is -2.11. The Morgan fingerprint density at radius 1 is 1.19 bits per heavy atom. The molecule has 0 fully saturated rings. The van der Waals surface area contributed by atoms with Crippen LogP contribution in [0.1, 0.15) is 64.7 Å². The lowest BCUT2D eigenvalue weighted by molar-refractivity contribution is 0.110. The summed E-state index contributed by atoms with van der Waals surface area (Å²) >= 11 is 0. The van der Waals surface area contributed by atoms with Gasteiger partial charge in [0.1, 0.15) is 11.9 Å². The monoisotopic (exact) mass is 226 g/mol. The molecule has 2 nitrogen and oxygen atoms in total. The smallest absolute Gasteiger partial charge is 0.121 e. The van der Waals surface area contributed by atoms with Crippen LogP contribution < -0.4 is 0 Å². The maximum atomic E-state index is 9.80. The fourth-order valence-corrected chi connectivity index (χ4v) is 2.11. The Labute approximate surface area is 99.7 Å². The van der Waals surface area contributed by atoms with Crippen LogP contribution in [0.25, 0.3) is 0 Å². The van der Waals surface area contributed by atoms with Gasteiger partial charge in [0.25, 0.3) is 0 Å². The van der Waals surface area contributed by atoms with Gasteiger partial charge in [0, 0.05) is 6.42 Å². The number of rotatable bonds is 9. The maximum absolute atomic E-state index is 9.80. The van der Waals surface area contributed by atoms with Crippen molar-refractivity contribution < 1.29 is 9.84 Å². The summed E-state index contributed by atoms with van der Waals surface area (Å²) in [7, 11) is 0. The van der Waals surface area contributed by atoms with Gasteiger partial charge in [0.05, 0.1) is 6.61 Å². The minimum absolute atomic E-state index is 0.349. The van der Waals surface area contributed by atoms with E-state index in [2.05, 4.69) is 6.92 Å².